The molecule has 0 bridgehead atoms. The summed E-state index contributed by atoms with van der Waals surface area (Å²) in [6, 6.07) is 3.81. The van der Waals surface area contributed by atoms with Gasteiger partial charge in [-0.05, 0) is 36.7 Å². The average Bonchev–Trinajstić information content (AvgIpc) is 2.58. The van der Waals surface area contributed by atoms with Crippen LogP contribution in [0.4, 0.5) is 13.2 Å². The first kappa shape index (κ1) is 13.4. The fourth-order valence-electron chi connectivity index (χ4n) is 1.54. The van der Waals surface area contributed by atoms with Crippen LogP contribution in [0.2, 0.25) is 5.28 Å². The molecule has 0 saturated carbocycles. The van der Waals surface area contributed by atoms with Gasteiger partial charge in [0.1, 0.15) is 5.82 Å². The van der Waals surface area contributed by atoms with Crippen molar-refractivity contribution < 1.29 is 13.2 Å². The molecule has 0 aliphatic heterocycles. The van der Waals surface area contributed by atoms with Gasteiger partial charge in [0.05, 0.1) is 11.3 Å². The average molecular weight is 341 g/mol. The smallest absolute Gasteiger partial charge is 0.269 e. The Morgan fingerprint density at radius 2 is 1.94 bits per heavy atom. The first-order valence-corrected chi connectivity index (χ1v) is 5.92. The second kappa shape index (κ2) is 4.55. The second-order valence-corrected chi connectivity index (χ2v) is 4.76. The zero-order chi connectivity index (χ0) is 13.5. The molecule has 3 nitrogen and oxygen atoms in total. The van der Waals surface area contributed by atoms with E-state index in [9.17, 15) is 13.2 Å². The molecule has 0 unspecified atom stereocenters. The van der Waals surface area contributed by atoms with E-state index >= 15 is 0 Å². The van der Waals surface area contributed by atoms with Gasteiger partial charge in [-0.1, -0.05) is 15.9 Å². The van der Waals surface area contributed by atoms with Crippen molar-refractivity contribution in [3.05, 3.63) is 39.3 Å². The molecular weight excluding hydrogens is 334 g/mol. The fourth-order valence-corrected chi connectivity index (χ4v) is 2.15. The Morgan fingerprint density at radius 3 is 2.44 bits per heavy atom. The molecule has 0 N–H and O–H groups in total. The molecule has 8 heteroatoms. The van der Waals surface area contributed by atoms with Crippen molar-refractivity contribution in [3.63, 3.8) is 0 Å². The molecule has 0 saturated heterocycles. The van der Waals surface area contributed by atoms with Gasteiger partial charge >= 0.3 is 6.18 Å². The van der Waals surface area contributed by atoms with Gasteiger partial charge in [-0.2, -0.15) is 13.2 Å². The summed E-state index contributed by atoms with van der Waals surface area (Å²) in [5, 5.41) is 7.07. The summed E-state index contributed by atoms with van der Waals surface area (Å²) in [4.78, 5) is 0. The lowest BCUT2D eigenvalue weighted by molar-refractivity contribution is -0.137. The molecule has 0 radical (unpaired) electrons. The summed E-state index contributed by atoms with van der Waals surface area (Å²) in [6.07, 6.45) is -4.49. The van der Waals surface area contributed by atoms with Crippen LogP contribution in [0, 0.1) is 6.92 Å². The van der Waals surface area contributed by atoms with Gasteiger partial charge in [0.2, 0.25) is 5.28 Å². The van der Waals surface area contributed by atoms with Crippen LogP contribution in [0.3, 0.4) is 0 Å². The number of nitrogens with zero attached hydrogens (tertiary/aromatic N) is 3. The maximum absolute atomic E-state index is 13.0. The minimum absolute atomic E-state index is 0.0989. The molecule has 1 aromatic heterocycles. The molecule has 0 atom stereocenters. The van der Waals surface area contributed by atoms with E-state index in [1.807, 2.05) is 0 Å². The van der Waals surface area contributed by atoms with Crippen LogP contribution in [0.5, 0.6) is 0 Å². The Hall–Kier alpha value is -1.08. The van der Waals surface area contributed by atoms with Crippen LogP contribution in [-0.4, -0.2) is 14.8 Å². The highest BCUT2D eigenvalue weighted by atomic mass is 79.9. The number of aryl methyl sites for hydroxylation is 1. The van der Waals surface area contributed by atoms with Crippen LogP contribution in [0.1, 0.15) is 11.4 Å². The maximum atomic E-state index is 13.0. The van der Waals surface area contributed by atoms with Crippen LogP contribution < -0.4 is 0 Å². The minimum atomic E-state index is -4.49. The molecular formula is C10H6BrClF3N3. The predicted octanol–water partition coefficient (Wildman–Crippen LogP) is 4.01. The maximum Gasteiger partial charge on any atom is 0.418 e. The van der Waals surface area contributed by atoms with Crippen LogP contribution in [-0.2, 0) is 6.18 Å². The quantitative estimate of drug-likeness (QED) is 0.785. The van der Waals surface area contributed by atoms with Crippen LogP contribution >= 0.6 is 27.5 Å². The van der Waals surface area contributed by atoms with Crippen LogP contribution in [0.25, 0.3) is 5.69 Å². The number of rotatable bonds is 1. The molecule has 2 rings (SSSR count). The molecule has 0 fully saturated rings. The first-order valence-electron chi connectivity index (χ1n) is 4.75. The van der Waals surface area contributed by atoms with E-state index in [2.05, 4.69) is 26.1 Å². The van der Waals surface area contributed by atoms with Gasteiger partial charge in [-0.25, -0.2) is 0 Å². The molecule has 0 aliphatic carbocycles. The highest BCUT2D eigenvalue weighted by Gasteiger charge is 2.35. The van der Waals surface area contributed by atoms with Crippen molar-refractivity contribution in [3.8, 4) is 5.69 Å². The van der Waals surface area contributed by atoms with E-state index in [4.69, 9.17) is 11.6 Å². The number of halogens is 5. The Morgan fingerprint density at radius 1 is 1.28 bits per heavy atom. The SMILES string of the molecule is Cc1nnc(Cl)n1-c1ccc(Br)cc1C(F)(F)F. The Balaban J connectivity index is 2.73. The zero-order valence-corrected chi connectivity index (χ0v) is 11.3. The van der Waals surface area contributed by atoms with Gasteiger partial charge in [-0.15, -0.1) is 10.2 Å². The molecule has 0 spiro atoms. The molecule has 2 aromatic rings. The molecule has 0 aliphatic rings. The lowest BCUT2D eigenvalue weighted by Crippen LogP contribution is -2.11. The molecule has 18 heavy (non-hydrogen) atoms. The van der Waals surface area contributed by atoms with Gasteiger partial charge < -0.3 is 0 Å². The van der Waals surface area contributed by atoms with Gasteiger partial charge in [0.25, 0.3) is 0 Å². The summed E-state index contributed by atoms with van der Waals surface area (Å²) in [7, 11) is 0. The van der Waals surface area contributed by atoms with Crippen molar-refractivity contribution in [2.45, 2.75) is 13.1 Å². The van der Waals surface area contributed by atoms with Gasteiger partial charge in [0, 0.05) is 4.47 Å². The van der Waals surface area contributed by atoms with E-state index in [-0.39, 0.29) is 16.8 Å². The topological polar surface area (TPSA) is 30.7 Å². The highest BCUT2D eigenvalue weighted by molar-refractivity contribution is 9.10. The standard InChI is InChI=1S/C10H6BrClF3N3/c1-5-16-17-9(12)18(5)8-3-2-6(11)4-7(8)10(13,14)15/h2-4H,1H3. The van der Waals surface area contributed by atoms with E-state index in [0.29, 0.717) is 4.47 Å². The Kier molecular flexibility index (Phi) is 3.37. The third-order valence-electron chi connectivity index (χ3n) is 2.29. The van der Waals surface area contributed by atoms with Crippen molar-refractivity contribution in [2.24, 2.45) is 0 Å². The van der Waals surface area contributed by atoms with E-state index in [1.54, 1.807) is 0 Å². The van der Waals surface area contributed by atoms with Crippen LogP contribution in [0.15, 0.2) is 22.7 Å². The van der Waals surface area contributed by atoms with Gasteiger partial charge in [0.15, 0.2) is 0 Å². The third kappa shape index (κ3) is 2.37. The number of hydrogen-bond acceptors (Lipinski definition) is 2. The van der Waals surface area contributed by atoms with Crippen molar-refractivity contribution in [1.82, 2.24) is 14.8 Å². The monoisotopic (exact) mass is 339 g/mol. The third-order valence-corrected chi connectivity index (χ3v) is 3.03. The number of hydrogen-bond donors (Lipinski definition) is 0. The summed E-state index contributed by atoms with van der Waals surface area (Å²) in [5.41, 5.74) is -0.903. The van der Waals surface area contributed by atoms with Gasteiger partial charge in [-0.3, -0.25) is 4.57 Å². The Bertz CT molecular complexity index is 575. The van der Waals surface area contributed by atoms with E-state index in [1.165, 1.54) is 19.1 Å². The lowest BCUT2D eigenvalue weighted by atomic mass is 10.1. The normalized spacial score (nSPS) is 11.9. The predicted molar refractivity (Wildman–Crippen MR) is 63.8 cm³/mol. The molecule has 1 heterocycles. The second-order valence-electron chi connectivity index (χ2n) is 3.51. The summed E-state index contributed by atoms with van der Waals surface area (Å²) in [5.74, 6) is 0.285. The fraction of sp³-hybridized carbons (Fsp3) is 0.200. The lowest BCUT2D eigenvalue weighted by Gasteiger charge is -2.14. The number of benzene rings is 1. The number of aromatic nitrogens is 3. The zero-order valence-electron chi connectivity index (χ0n) is 8.96. The largest absolute Gasteiger partial charge is 0.418 e. The molecule has 0 amide bonds. The minimum Gasteiger partial charge on any atom is -0.269 e. The summed E-state index contributed by atoms with van der Waals surface area (Å²) in [6.45, 7) is 1.53. The molecule has 1 aromatic carbocycles. The summed E-state index contributed by atoms with van der Waals surface area (Å²) >= 11 is 8.77. The van der Waals surface area contributed by atoms with Crippen molar-refractivity contribution in [1.29, 1.82) is 0 Å². The first-order chi connectivity index (χ1) is 8.30. The van der Waals surface area contributed by atoms with Crippen molar-refractivity contribution >= 4 is 27.5 Å². The summed E-state index contributed by atoms with van der Waals surface area (Å²) < 4.78 is 40.4. The number of alkyl halides is 3. The van der Waals surface area contributed by atoms with E-state index < -0.39 is 11.7 Å². The van der Waals surface area contributed by atoms with Crippen molar-refractivity contribution in [2.75, 3.05) is 0 Å². The van der Waals surface area contributed by atoms with E-state index in [0.717, 1.165) is 10.6 Å². The highest BCUT2D eigenvalue weighted by Crippen LogP contribution is 2.36. The molecule has 96 valence electrons. The Labute approximate surface area is 114 Å².